The Morgan fingerprint density at radius 3 is 2.55 bits per heavy atom. The standard InChI is InChI=1S/C42H54N4O3/c1-8-11-30(3)46(7)41(48)40-27-36(19-15-33(40)28-47)45-38-25-32(26-38)24-31-12-10-13-34(16-14-31)42(4,5)35-17-20-39(21-18-35)49-29-37(43-6)22-23-44-9-2/h12-23,27-28,30,32,38,45H,6,8-11,24-26,29H2,1-5,7H3/b37-22-,44-23?. The molecule has 2 aromatic carbocycles. The van der Waals surface area contributed by atoms with Crippen LogP contribution < -0.4 is 10.1 Å². The average molecular weight is 663 g/mol. The molecule has 7 heteroatoms. The van der Waals surface area contributed by atoms with Gasteiger partial charge >= 0.3 is 0 Å². The number of rotatable bonds is 17. The normalized spacial score (nSPS) is 18.5. The van der Waals surface area contributed by atoms with Crippen molar-refractivity contribution in [2.24, 2.45) is 15.9 Å². The van der Waals surface area contributed by atoms with Crippen LogP contribution in [-0.2, 0) is 5.41 Å². The highest BCUT2D eigenvalue weighted by Gasteiger charge is 2.30. The molecule has 1 saturated carbocycles. The van der Waals surface area contributed by atoms with Gasteiger partial charge < -0.3 is 15.0 Å². The second kappa shape index (κ2) is 17.8. The molecule has 0 heterocycles. The largest absolute Gasteiger partial charge is 0.487 e. The van der Waals surface area contributed by atoms with Gasteiger partial charge in [0.15, 0.2) is 6.29 Å². The Balaban J connectivity index is 1.29. The number of aliphatic imine (C=N–C) groups is 2. The first kappa shape index (κ1) is 37.3. The van der Waals surface area contributed by atoms with Crippen molar-refractivity contribution in [3.63, 3.8) is 0 Å². The number of benzene rings is 2. The van der Waals surface area contributed by atoms with E-state index >= 15 is 0 Å². The van der Waals surface area contributed by atoms with E-state index in [1.807, 2.05) is 51.2 Å². The Kier molecular flexibility index (Phi) is 13.5. The molecule has 1 unspecified atom stereocenters. The third-order valence-corrected chi connectivity index (χ3v) is 9.87. The molecule has 1 atom stereocenters. The third-order valence-electron chi connectivity index (χ3n) is 9.87. The number of ether oxygens (including phenoxy) is 1. The molecule has 1 fully saturated rings. The van der Waals surface area contributed by atoms with E-state index in [2.05, 4.69) is 79.2 Å². The van der Waals surface area contributed by atoms with Crippen molar-refractivity contribution in [3.05, 3.63) is 106 Å². The summed E-state index contributed by atoms with van der Waals surface area (Å²) in [6, 6.07) is 14.3. The summed E-state index contributed by atoms with van der Waals surface area (Å²) in [5, 5.41) is 3.61. The second-order valence-corrected chi connectivity index (χ2v) is 13.8. The van der Waals surface area contributed by atoms with Crippen LogP contribution in [0.5, 0.6) is 5.75 Å². The van der Waals surface area contributed by atoms with Gasteiger partial charge in [0.05, 0.1) is 11.3 Å². The van der Waals surface area contributed by atoms with Gasteiger partial charge in [-0.2, -0.15) is 0 Å². The molecule has 0 saturated heterocycles. The number of nitrogens with one attached hydrogen (secondary N) is 1. The zero-order valence-electron chi connectivity index (χ0n) is 30.2. The molecule has 2 aliphatic carbocycles. The predicted molar refractivity (Wildman–Crippen MR) is 205 cm³/mol. The Labute approximate surface area is 293 Å². The maximum Gasteiger partial charge on any atom is 0.254 e. The van der Waals surface area contributed by atoms with Gasteiger partial charge in [-0.05, 0) is 106 Å². The zero-order chi connectivity index (χ0) is 35.4. The number of carbonyl (C=O) groups is 2. The van der Waals surface area contributed by atoms with Crippen LogP contribution in [-0.4, -0.2) is 62.3 Å². The number of aldehydes is 1. The first-order valence-electron chi connectivity index (χ1n) is 17.7. The fraction of sp³-hybridized carbons (Fsp3) is 0.429. The number of anilines is 1. The smallest absolute Gasteiger partial charge is 0.254 e. The molecule has 1 N–H and O–H groups in total. The number of allylic oxidation sites excluding steroid dienone is 7. The van der Waals surface area contributed by atoms with Gasteiger partial charge in [-0.3, -0.25) is 19.6 Å². The Bertz CT molecular complexity index is 1610. The van der Waals surface area contributed by atoms with Crippen LogP contribution in [0, 0.1) is 5.92 Å². The second-order valence-electron chi connectivity index (χ2n) is 13.8. The Morgan fingerprint density at radius 1 is 1.12 bits per heavy atom. The molecule has 0 aliphatic heterocycles. The van der Waals surface area contributed by atoms with Crippen LogP contribution >= 0.6 is 0 Å². The van der Waals surface area contributed by atoms with Crippen LogP contribution in [0.25, 0.3) is 0 Å². The van der Waals surface area contributed by atoms with Crippen LogP contribution in [0.1, 0.15) is 99.4 Å². The van der Waals surface area contributed by atoms with E-state index in [9.17, 15) is 9.59 Å². The van der Waals surface area contributed by atoms with E-state index in [-0.39, 0.29) is 17.4 Å². The third kappa shape index (κ3) is 10.0. The molecule has 260 valence electrons. The van der Waals surface area contributed by atoms with Crippen LogP contribution in [0.4, 0.5) is 5.69 Å². The van der Waals surface area contributed by atoms with Crippen LogP contribution in [0.3, 0.4) is 0 Å². The van der Waals surface area contributed by atoms with E-state index in [1.54, 1.807) is 17.2 Å². The Hall–Kier alpha value is -4.52. The van der Waals surface area contributed by atoms with Gasteiger partial charge in [0.25, 0.3) is 5.91 Å². The van der Waals surface area contributed by atoms with Crippen molar-refractivity contribution in [1.82, 2.24) is 4.90 Å². The lowest BCUT2D eigenvalue weighted by atomic mass is 9.76. The van der Waals surface area contributed by atoms with E-state index in [0.29, 0.717) is 29.7 Å². The number of hydrogen-bond acceptors (Lipinski definition) is 6. The van der Waals surface area contributed by atoms with E-state index in [4.69, 9.17) is 4.74 Å². The minimum Gasteiger partial charge on any atom is -0.487 e. The summed E-state index contributed by atoms with van der Waals surface area (Å²) >= 11 is 0. The molecule has 1 amide bonds. The summed E-state index contributed by atoms with van der Waals surface area (Å²) in [5.41, 5.74) is 6.28. The van der Waals surface area contributed by atoms with Crippen molar-refractivity contribution in [2.75, 3.05) is 25.5 Å². The predicted octanol–water partition coefficient (Wildman–Crippen LogP) is 9.18. The van der Waals surface area contributed by atoms with E-state index in [0.717, 1.165) is 68.5 Å². The van der Waals surface area contributed by atoms with Gasteiger partial charge in [0.1, 0.15) is 12.4 Å². The first-order valence-corrected chi connectivity index (χ1v) is 17.7. The van der Waals surface area contributed by atoms with Crippen LogP contribution in [0.15, 0.2) is 99.7 Å². The molecular formula is C42H54N4O3. The SMILES string of the molecule is C=N/C(=C\C=NCC)COc1ccc(C(C)(C)C2=CCC=C(CC3CC(Nc4ccc(C=O)c(C(=O)N(C)C(C)CCC)c4)C3)C=C2)cc1. The topological polar surface area (TPSA) is 83.4 Å². The molecule has 0 radical (unpaired) electrons. The summed E-state index contributed by atoms with van der Waals surface area (Å²) in [7, 11) is 1.82. The zero-order valence-corrected chi connectivity index (χ0v) is 30.2. The number of carbonyl (C=O) groups excluding carboxylic acids is 2. The Morgan fingerprint density at radius 2 is 1.88 bits per heavy atom. The monoisotopic (exact) mass is 662 g/mol. The molecular weight excluding hydrogens is 608 g/mol. The average Bonchev–Trinajstić information content (AvgIpc) is 3.34. The van der Waals surface area contributed by atoms with Crippen LogP contribution in [0.2, 0.25) is 0 Å². The summed E-state index contributed by atoms with van der Waals surface area (Å²) < 4.78 is 5.95. The number of amides is 1. The minimum absolute atomic E-state index is 0.107. The number of nitrogens with zero attached hydrogens (tertiary/aromatic N) is 3. The molecule has 4 rings (SSSR count). The van der Waals surface area contributed by atoms with Crippen molar-refractivity contribution in [2.45, 2.75) is 90.6 Å². The highest BCUT2D eigenvalue weighted by atomic mass is 16.5. The van der Waals surface area contributed by atoms with Gasteiger partial charge in [0.2, 0.25) is 0 Å². The fourth-order valence-electron chi connectivity index (χ4n) is 6.49. The summed E-state index contributed by atoms with van der Waals surface area (Å²) in [6.45, 7) is 15.4. The van der Waals surface area contributed by atoms with Gasteiger partial charge in [-0.1, -0.05) is 69.2 Å². The van der Waals surface area contributed by atoms with Crippen molar-refractivity contribution in [1.29, 1.82) is 0 Å². The number of hydrogen-bond donors (Lipinski definition) is 1. The van der Waals surface area contributed by atoms with E-state index in [1.165, 1.54) is 16.7 Å². The molecule has 7 nitrogen and oxygen atoms in total. The van der Waals surface area contributed by atoms with Crippen molar-refractivity contribution >= 4 is 30.8 Å². The maximum absolute atomic E-state index is 13.2. The van der Waals surface area contributed by atoms with Crippen molar-refractivity contribution in [3.8, 4) is 5.75 Å². The minimum atomic E-state index is -0.156. The van der Waals surface area contributed by atoms with Gasteiger partial charge in [-0.25, -0.2) is 0 Å². The highest BCUT2D eigenvalue weighted by Crippen LogP contribution is 2.38. The lowest BCUT2D eigenvalue weighted by Gasteiger charge is -2.37. The van der Waals surface area contributed by atoms with Crippen molar-refractivity contribution < 1.29 is 14.3 Å². The summed E-state index contributed by atoms with van der Waals surface area (Å²) in [4.78, 5) is 34.9. The lowest BCUT2D eigenvalue weighted by molar-refractivity contribution is 0.0734. The fourth-order valence-corrected chi connectivity index (χ4v) is 6.49. The maximum atomic E-state index is 13.2. The summed E-state index contributed by atoms with van der Waals surface area (Å²) in [5.74, 6) is 1.29. The lowest BCUT2D eigenvalue weighted by Crippen LogP contribution is -2.36. The highest BCUT2D eigenvalue weighted by molar-refractivity contribution is 6.02. The van der Waals surface area contributed by atoms with Gasteiger partial charge in [0, 0.05) is 48.6 Å². The quantitative estimate of drug-likeness (QED) is 0.135. The molecule has 0 bridgehead atoms. The molecule has 0 aromatic heterocycles. The summed E-state index contributed by atoms with van der Waals surface area (Å²) in [6.07, 6.45) is 19.6. The molecule has 0 spiro atoms. The first-order chi connectivity index (χ1) is 23.6. The van der Waals surface area contributed by atoms with E-state index < -0.39 is 0 Å². The molecule has 2 aromatic rings. The molecule has 2 aliphatic rings. The van der Waals surface area contributed by atoms with Gasteiger partial charge in [-0.15, -0.1) is 0 Å². The molecule has 49 heavy (non-hydrogen) atoms.